The summed E-state index contributed by atoms with van der Waals surface area (Å²) in [6.07, 6.45) is 5.86. The number of aromatic nitrogens is 7. The van der Waals surface area contributed by atoms with Crippen LogP contribution >= 0.6 is 0 Å². The van der Waals surface area contributed by atoms with E-state index in [1.165, 1.54) is 0 Å². The lowest BCUT2D eigenvalue weighted by Crippen LogP contribution is -2.40. The van der Waals surface area contributed by atoms with E-state index in [4.69, 9.17) is 9.84 Å². The second-order valence-electron chi connectivity index (χ2n) is 8.86. The maximum Gasteiger partial charge on any atom is 0.222 e. The number of pyridine rings is 1. The van der Waals surface area contributed by atoms with Crippen LogP contribution in [0.3, 0.4) is 0 Å². The minimum atomic E-state index is -3.00. The minimum absolute atomic E-state index is 0.0173. The van der Waals surface area contributed by atoms with Gasteiger partial charge >= 0.3 is 0 Å². The number of sulfone groups is 1. The maximum atomic E-state index is 12.0. The summed E-state index contributed by atoms with van der Waals surface area (Å²) in [5.74, 6) is 3.34. The van der Waals surface area contributed by atoms with Crippen molar-refractivity contribution in [1.82, 2.24) is 34.5 Å². The molecule has 4 bridgehead atoms. The van der Waals surface area contributed by atoms with Gasteiger partial charge in [-0.1, -0.05) is 0 Å². The Kier molecular flexibility index (Phi) is 5.09. The van der Waals surface area contributed by atoms with Gasteiger partial charge in [-0.3, -0.25) is 4.68 Å². The summed E-state index contributed by atoms with van der Waals surface area (Å²) in [6, 6.07) is 3.74. The molecule has 0 spiro atoms. The van der Waals surface area contributed by atoms with Gasteiger partial charge in [0.1, 0.15) is 17.2 Å². The third-order valence-electron chi connectivity index (χ3n) is 6.45. The van der Waals surface area contributed by atoms with Crippen LogP contribution in [-0.2, 0) is 16.9 Å². The van der Waals surface area contributed by atoms with Gasteiger partial charge in [-0.05, 0) is 13.0 Å². The molecule has 0 aliphatic carbocycles. The molecule has 2 aliphatic heterocycles. The minimum Gasteiger partial charge on any atom is -0.477 e. The van der Waals surface area contributed by atoms with Crippen LogP contribution < -0.4 is 15.0 Å². The first-order valence-corrected chi connectivity index (χ1v) is 13.3. The monoisotopic (exact) mass is 495 g/mol. The summed E-state index contributed by atoms with van der Waals surface area (Å²) in [6.45, 7) is 3.37. The second kappa shape index (κ2) is 8.18. The second-order valence-corrected chi connectivity index (χ2v) is 11.2. The molecule has 4 aromatic heterocycles. The molecule has 0 radical (unpaired) electrons. The number of hydrogen-bond acceptors (Lipinski definition) is 10. The van der Waals surface area contributed by atoms with Crippen LogP contribution in [0.15, 0.2) is 30.7 Å². The molecule has 0 amide bonds. The first-order valence-electron chi connectivity index (χ1n) is 11.5. The van der Waals surface area contributed by atoms with E-state index < -0.39 is 9.84 Å². The van der Waals surface area contributed by atoms with Crippen molar-refractivity contribution in [3.63, 3.8) is 0 Å². The highest BCUT2D eigenvalue weighted by Gasteiger charge is 2.27. The van der Waals surface area contributed by atoms with Gasteiger partial charge < -0.3 is 15.0 Å². The SMILES string of the molecule is CC1CCOc2c(cnn2C)-c2nccc(n2)Nc2cc3c(cn2)c(N2CCS(=O)(=O)CC2)nn31. The molecule has 1 atom stereocenters. The zero-order chi connectivity index (χ0) is 24.2. The van der Waals surface area contributed by atoms with Crippen molar-refractivity contribution < 1.29 is 13.2 Å². The standard InChI is InChI=1S/C22H25N9O3S/c1-14-4-8-34-22-16(13-25-29(22)2)20-23-5-3-18(27-20)26-19-11-17-15(12-24-19)21(28-31(14)17)30-6-9-35(32,33)10-7-30/h3,5,11-14H,4,6-10H2,1-2H3,(H,23,24,26,27). The third-order valence-corrected chi connectivity index (χ3v) is 8.05. The van der Waals surface area contributed by atoms with Gasteiger partial charge in [0.2, 0.25) is 5.88 Å². The Bertz CT molecular complexity index is 1510. The average molecular weight is 496 g/mol. The highest BCUT2D eigenvalue weighted by Crippen LogP contribution is 2.33. The molecule has 1 saturated heterocycles. The molecule has 1 fully saturated rings. The van der Waals surface area contributed by atoms with Crippen molar-refractivity contribution in [2.45, 2.75) is 19.4 Å². The van der Waals surface area contributed by atoms with Crippen molar-refractivity contribution in [3.8, 4) is 17.3 Å². The summed E-state index contributed by atoms with van der Waals surface area (Å²) in [4.78, 5) is 15.7. The predicted octanol–water partition coefficient (Wildman–Crippen LogP) is 1.94. The lowest BCUT2D eigenvalue weighted by Gasteiger charge is -2.26. The van der Waals surface area contributed by atoms with Gasteiger partial charge in [-0.2, -0.15) is 10.2 Å². The molecule has 182 valence electrons. The number of fused-ring (bicyclic) bond motifs is 5. The van der Waals surface area contributed by atoms with E-state index in [2.05, 4.69) is 32.3 Å². The predicted molar refractivity (Wildman–Crippen MR) is 131 cm³/mol. The van der Waals surface area contributed by atoms with Crippen LogP contribution in [0.4, 0.5) is 17.5 Å². The van der Waals surface area contributed by atoms with E-state index >= 15 is 0 Å². The summed E-state index contributed by atoms with van der Waals surface area (Å²) >= 11 is 0. The quantitative estimate of drug-likeness (QED) is 0.418. The highest BCUT2D eigenvalue weighted by atomic mass is 32.2. The summed E-state index contributed by atoms with van der Waals surface area (Å²) in [5, 5.41) is 13.4. The molecule has 6 rings (SSSR count). The van der Waals surface area contributed by atoms with Crippen LogP contribution in [0.1, 0.15) is 19.4 Å². The fourth-order valence-electron chi connectivity index (χ4n) is 4.47. The van der Waals surface area contributed by atoms with E-state index in [1.807, 2.05) is 22.7 Å². The maximum absolute atomic E-state index is 12.0. The molecule has 6 heterocycles. The van der Waals surface area contributed by atoms with Gasteiger partial charge in [-0.15, -0.1) is 0 Å². The summed E-state index contributed by atoms with van der Waals surface area (Å²) in [5.41, 5.74) is 1.62. The van der Waals surface area contributed by atoms with Crippen molar-refractivity contribution in [2.24, 2.45) is 7.05 Å². The number of nitrogens with one attached hydrogen (secondary N) is 1. The Morgan fingerprint density at radius 1 is 1.14 bits per heavy atom. The van der Waals surface area contributed by atoms with Crippen molar-refractivity contribution in [3.05, 3.63) is 30.7 Å². The Labute approximate surface area is 201 Å². The fourth-order valence-corrected chi connectivity index (χ4v) is 5.67. The first kappa shape index (κ1) is 21.8. The average Bonchev–Trinajstić information content (AvgIpc) is 3.39. The van der Waals surface area contributed by atoms with Crippen LogP contribution in [0, 0.1) is 0 Å². The molecular formula is C22H25N9O3S. The molecule has 4 aromatic rings. The largest absolute Gasteiger partial charge is 0.477 e. The van der Waals surface area contributed by atoms with E-state index in [9.17, 15) is 8.42 Å². The van der Waals surface area contributed by atoms with E-state index in [-0.39, 0.29) is 17.5 Å². The summed E-state index contributed by atoms with van der Waals surface area (Å²) in [7, 11) is -1.17. The molecule has 13 heteroatoms. The lowest BCUT2D eigenvalue weighted by atomic mass is 10.2. The Hall–Kier alpha value is -3.74. The number of ether oxygens (including phenoxy) is 1. The van der Waals surface area contributed by atoms with E-state index in [0.717, 1.165) is 16.7 Å². The number of nitrogens with zero attached hydrogens (tertiary/aromatic N) is 8. The molecule has 1 N–H and O–H groups in total. The molecule has 35 heavy (non-hydrogen) atoms. The molecule has 0 saturated carbocycles. The number of anilines is 3. The Morgan fingerprint density at radius 2 is 1.97 bits per heavy atom. The van der Waals surface area contributed by atoms with Gasteiger partial charge in [-0.25, -0.2) is 28.1 Å². The Morgan fingerprint density at radius 3 is 2.80 bits per heavy atom. The van der Waals surface area contributed by atoms with Crippen molar-refractivity contribution in [2.75, 3.05) is 41.4 Å². The fraction of sp³-hybridized carbons (Fsp3) is 0.409. The summed E-state index contributed by atoms with van der Waals surface area (Å²) < 4.78 is 33.7. The zero-order valence-electron chi connectivity index (χ0n) is 19.4. The van der Waals surface area contributed by atoms with Gasteiger partial charge in [0.15, 0.2) is 21.5 Å². The third kappa shape index (κ3) is 3.95. The molecule has 12 nitrogen and oxygen atoms in total. The van der Waals surface area contributed by atoms with E-state index in [0.29, 0.717) is 55.0 Å². The number of aryl methyl sites for hydroxylation is 1. The topological polar surface area (TPSA) is 133 Å². The van der Waals surface area contributed by atoms with Crippen LogP contribution in [-0.4, -0.2) is 74.1 Å². The number of hydrogen-bond donors (Lipinski definition) is 1. The lowest BCUT2D eigenvalue weighted by molar-refractivity contribution is 0.260. The van der Waals surface area contributed by atoms with Crippen LogP contribution in [0.5, 0.6) is 5.88 Å². The van der Waals surface area contributed by atoms with Gasteiger partial charge in [0.25, 0.3) is 0 Å². The smallest absolute Gasteiger partial charge is 0.222 e. The highest BCUT2D eigenvalue weighted by molar-refractivity contribution is 7.91. The van der Waals surface area contributed by atoms with Crippen molar-refractivity contribution >= 4 is 38.2 Å². The van der Waals surface area contributed by atoms with Crippen molar-refractivity contribution in [1.29, 1.82) is 0 Å². The molecule has 2 aliphatic rings. The molecular weight excluding hydrogens is 470 g/mol. The van der Waals surface area contributed by atoms with Gasteiger partial charge in [0.05, 0.1) is 41.3 Å². The van der Waals surface area contributed by atoms with Crippen LogP contribution in [0.2, 0.25) is 0 Å². The van der Waals surface area contributed by atoms with Gasteiger partial charge in [0, 0.05) is 45.0 Å². The van der Waals surface area contributed by atoms with Crippen LogP contribution in [0.25, 0.3) is 22.3 Å². The molecule has 0 aromatic carbocycles. The number of rotatable bonds is 1. The molecule has 1 unspecified atom stereocenters. The van der Waals surface area contributed by atoms with E-state index in [1.54, 1.807) is 29.3 Å². The normalized spacial score (nSPS) is 19.6. The zero-order valence-corrected chi connectivity index (χ0v) is 20.2. The first-order chi connectivity index (χ1) is 16.9. The Balaban J connectivity index is 1.44.